The molecule has 0 aromatic carbocycles. The number of aliphatic imine (C=N–C) groups is 1. The molecule has 3 aliphatic rings. The lowest BCUT2D eigenvalue weighted by Crippen LogP contribution is -2.28. The number of hydrogen-bond acceptors (Lipinski definition) is 5. The molecule has 0 radical (unpaired) electrons. The van der Waals surface area contributed by atoms with Gasteiger partial charge < -0.3 is 14.6 Å². The predicted octanol–water partition coefficient (Wildman–Crippen LogP) is 1.83. The maximum Gasteiger partial charge on any atom is 0.270 e. The van der Waals surface area contributed by atoms with Gasteiger partial charge in [-0.3, -0.25) is 15.2 Å². The summed E-state index contributed by atoms with van der Waals surface area (Å²) >= 11 is 1.64. The molecule has 2 saturated heterocycles. The summed E-state index contributed by atoms with van der Waals surface area (Å²) in [5.41, 5.74) is 5.55. The second kappa shape index (κ2) is 7.61. The Balaban J connectivity index is 1.36. The number of rotatable bonds is 4. The van der Waals surface area contributed by atoms with Crippen LogP contribution in [-0.2, 0) is 4.74 Å². The number of carbonyl (C=O) groups is 1. The number of nitrogens with zero attached hydrogens (tertiary/aromatic N) is 3. The van der Waals surface area contributed by atoms with Gasteiger partial charge >= 0.3 is 0 Å². The molecule has 134 valence electrons. The summed E-state index contributed by atoms with van der Waals surface area (Å²) in [5.74, 6) is 0.826. The molecule has 0 saturated carbocycles. The summed E-state index contributed by atoms with van der Waals surface area (Å²) in [6, 6.07) is 1.90. The van der Waals surface area contributed by atoms with Crippen molar-refractivity contribution in [3.63, 3.8) is 0 Å². The van der Waals surface area contributed by atoms with Crippen LogP contribution in [0.25, 0.3) is 0 Å². The second-order valence-corrected chi connectivity index (χ2v) is 7.51. The van der Waals surface area contributed by atoms with Crippen LogP contribution in [0.4, 0.5) is 0 Å². The van der Waals surface area contributed by atoms with Gasteiger partial charge in [0.05, 0.1) is 18.4 Å². The number of likely N-dealkylation sites (tertiary alicyclic amines) is 1. The lowest BCUT2D eigenvalue weighted by molar-refractivity contribution is 0.0787. The zero-order valence-corrected chi connectivity index (χ0v) is 15.0. The Labute approximate surface area is 151 Å². The van der Waals surface area contributed by atoms with Crippen LogP contribution in [0.15, 0.2) is 22.4 Å². The van der Waals surface area contributed by atoms with E-state index in [1.807, 2.05) is 17.2 Å². The van der Waals surface area contributed by atoms with Crippen molar-refractivity contribution >= 4 is 28.5 Å². The van der Waals surface area contributed by atoms with E-state index in [4.69, 9.17) is 4.74 Å². The average Bonchev–Trinajstić information content (AvgIpc) is 3.42. The minimum atomic E-state index is 0.0830. The smallest absolute Gasteiger partial charge is 0.270 e. The van der Waals surface area contributed by atoms with E-state index in [1.54, 1.807) is 11.8 Å². The number of aromatic amines is 1. The second-order valence-electron chi connectivity index (χ2n) is 6.54. The van der Waals surface area contributed by atoms with E-state index in [0.29, 0.717) is 12.2 Å². The fraction of sp³-hybridized carbons (Fsp3) is 0.588. The van der Waals surface area contributed by atoms with E-state index in [9.17, 15) is 4.79 Å². The van der Waals surface area contributed by atoms with Crippen molar-refractivity contribution in [3.05, 3.63) is 23.5 Å². The molecular formula is C17H23N5O2S. The van der Waals surface area contributed by atoms with Crippen molar-refractivity contribution in [2.75, 3.05) is 32.0 Å². The van der Waals surface area contributed by atoms with Gasteiger partial charge in [0.25, 0.3) is 5.91 Å². The van der Waals surface area contributed by atoms with Gasteiger partial charge in [0.2, 0.25) is 0 Å². The van der Waals surface area contributed by atoms with Crippen LogP contribution in [0.3, 0.4) is 0 Å². The molecule has 0 bridgehead atoms. The molecule has 8 heteroatoms. The molecule has 7 nitrogen and oxygen atoms in total. The first-order chi connectivity index (χ1) is 12.3. The molecule has 1 atom stereocenters. The molecular weight excluding hydrogens is 338 g/mol. The molecule has 1 aromatic rings. The van der Waals surface area contributed by atoms with Crippen LogP contribution in [0.5, 0.6) is 0 Å². The van der Waals surface area contributed by atoms with E-state index < -0.39 is 0 Å². The number of amidine groups is 1. The maximum atomic E-state index is 12.4. The summed E-state index contributed by atoms with van der Waals surface area (Å²) < 4.78 is 5.58. The van der Waals surface area contributed by atoms with E-state index in [0.717, 1.165) is 67.6 Å². The Morgan fingerprint density at radius 3 is 3.00 bits per heavy atom. The summed E-state index contributed by atoms with van der Waals surface area (Å²) in [5, 5.41) is 5.26. The first kappa shape index (κ1) is 16.7. The molecule has 2 N–H and O–H groups in total. The Hall–Kier alpha value is -1.80. The lowest BCUT2D eigenvalue weighted by Gasteiger charge is -2.15. The van der Waals surface area contributed by atoms with Crippen molar-refractivity contribution in [3.8, 4) is 0 Å². The first-order valence-electron chi connectivity index (χ1n) is 8.89. The number of H-pyrrole nitrogens is 1. The van der Waals surface area contributed by atoms with E-state index >= 15 is 0 Å². The number of aromatic nitrogens is 1. The zero-order chi connectivity index (χ0) is 17.1. The van der Waals surface area contributed by atoms with Gasteiger partial charge in [-0.15, -0.1) is 0 Å². The SMILES string of the molecule is O=C(c1cc(C2=NNC(=NC[C@@H]3CCCO3)SC2)c[nH]1)N1CCCC1. The lowest BCUT2D eigenvalue weighted by atomic mass is 10.2. The molecule has 1 amide bonds. The van der Waals surface area contributed by atoms with Gasteiger partial charge in [-0.2, -0.15) is 5.10 Å². The Bertz CT molecular complexity index is 687. The summed E-state index contributed by atoms with van der Waals surface area (Å²) in [6.45, 7) is 3.26. The minimum absolute atomic E-state index is 0.0830. The first-order valence-corrected chi connectivity index (χ1v) is 9.87. The number of amides is 1. The zero-order valence-electron chi connectivity index (χ0n) is 14.2. The van der Waals surface area contributed by atoms with Crippen LogP contribution in [0.2, 0.25) is 0 Å². The number of nitrogens with one attached hydrogen (secondary N) is 2. The van der Waals surface area contributed by atoms with E-state index in [1.165, 1.54) is 0 Å². The Kier molecular flexibility index (Phi) is 5.07. The number of hydrogen-bond donors (Lipinski definition) is 2. The summed E-state index contributed by atoms with van der Waals surface area (Å²) in [4.78, 5) is 22.0. The Morgan fingerprint density at radius 2 is 2.28 bits per heavy atom. The highest BCUT2D eigenvalue weighted by Crippen LogP contribution is 2.18. The van der Waals surface area contributed by atoms with Crippen molar-refractivity contribution in [2.24, 2.45) is 10.1 Å². The fourth-order valence-corrected chi connectivity index (χ4v) is 4.07. The number of ether oxygens (including phenoxy) is 1. The minimum Gasteiger partial charge on any atom is -0.376 e. The molecule has 25 heavy (non-hydrogen) atoms. The molecule has 0 aliphatic carbocycles. The number of hydrazone groups is 1. The quantitative estimate of drug-likeness (QED) is 0.857. The van der Waals surface area contributed by atoms with Crippen molar-refractivity contribution in [2.45, 2.75) is 31.8 Å². The highest BCUT2D eigenvalue weighted by atomic mass is 32.2. The molecule has 2 fully saturated rings. The van der Waals surface area contributed by atoms with Gasteiger partial charge in [0.15, 0.2) is 5.17 Å². The average molecular weight is 361 g/mol. The van der Waals surface area contributed by atoms with Gasteiger partial charge in [0, 0.05) is 37.2 Å². The van der Waals surface area contributed by atoms with Gasteiger partial charge in [-0.05, 0) is 31.7 Å². The topological polar surface area (TPSA) is 82.1 Å². The molecule has 4 heterocycles. The van der Waals surface area contributed by atoms with Gasteiger partial charge in [-0.25, -0.2) is 0 Å². The van der Waals surface area contributed by atoms with Crippen molar-refractivity contribution < 1.29 is 9.53 Å². The Morgan fingerprint density at radius 1 is 1.40 bits per heavy atom. The molecule has 3 aliphatic heterocycles. The van der Waals surface area contributed by atoms with Crippen molar-refractivity contribution in [1.29, 1.82) is 0 Å². The third-order valence-corrected chi connectivity index (χ3v) is 5.65. The standard InChI is InChI=1S/C17H23N5O2S/c23-16(22-5-1-2-6-22)14-8-12(9-18-14)15-11-25-17(21-20-15)19-10-13-4-3-7-24-13/h8-9,13,18H,1-7,10-11H2,(H,19,21)/t13-/m0/s1. The van der Waals surface area contributed by atoms with Crippen LogP contribution in [0.1, 0.15) is 41.7 Å². The third-order valence-electron chi connectivity index (χ3n) is 4.73. The highest BCUT2D eigenvalue weighted by Gasteiger charge is 2.22. The van der Waals surface area contributed by atoms with Crippen LogP contribution in [-0.4, -0.2) is 64.8 Å². The third kappa shape index (κ3) is 3.90. The van der Waals surface area contributed by atoms with Crippen LogP contribution in [0, 0.1) is 0 Å². The number of thioether (sulfide) groups is 1. The number of carbonyl (C=O) groups excluding carboxylic acids is 1. The van der Waals surface area contributed by atoms with Gasteiger partial charge in [0.1, 0.15) is 5.69 Å². The summed E-state index contributed by atoms with van der Waals surface area (Å²) in [6.07, 6.45) is 6.53. The summed E-state index contributed by atoms with van der Waals surface area (Å²) in [7, 11) is 0. The molecule has 4 rings (SSSR count). The largest absolute Gasteiger partial charge is 0.376 e. The van der Waals surface area contributed by atoms with Crippen LogP contribution < -0.4 is 5.43 Å². The van der Waals surface area contributed by atoms with Crippen molar-refractivity contribution in [1.82, 2.24) is 15.3 Å². The van der Waals surface area contributed by atoms with E-state index in [2.05, 4.69) is 20.5 Å². The highest BCUT2D eigenvalue weighted by molar-refractivity contribution is 8.14. The normalized spacial score (nSPS) is 25.3. The van der Waals surface area contributed by atoms with Gasteiger partial charge in [-0.1, -0.05) is 11.8 Å². The fourth-order valence-electron chi connectivity index (χ4n) is 3.29. The maximum absolute atomic E-state index is 12.4. The predicted molar refractivity (Wildman–Crippen MR) is 99.3 cm³/mol. The van der Waals surface area contributed by atoms with Crippen LogP contribution >= 0.6 is 11.8 Å². The van der Waals surface area contributed by atoms with E-state index in [-0.39, 0.29) is 12.0 Å². The molecule has 0 unspecified atom stereocenters. The molecule has 1 aromatic heterocycles. The molecule has 0 spiro atoms. The monoisotopic (exact) mass is 361 g/mol.